The number of rotatable bonds is 4. The number of aromatic nitrogens is 1. The first kappa shape index (κ1) is 12.6. The van der Waals surface area contributed by atoms with Gasteiger partial charge in [-0.05, 0) is 26.0 Å². The van der Waals surface area contributed by atoms with E-state index in [0.717, 1.165) is 23.1 Å². The van der Waals surface area contributed by atoms with Crippen molar-refractivity contribution in [1.29, 1.82) is 0 Å². The minimum absolute atomic E-state index is 0.212. The summed E-state index contributed by atoms with van der Waals surface area (Å²) in [5, 5.41) is 4.42. The topological polar surface area (TPSA) is 60.2 Å². The van der Waals surface area contributed by atoms with E-state index in [1.165, 1.54) is 0 Å². The SMILES string of the molecule is COC(C)(C)CNc1ccnc2c(N)cccc12. The molecule has 96 valence electrons. The van der Waals surface area contributed by atoms with Crippen LogP contribution in [0, 0.1) is 0 Å². The van der Waals surface area contributed by atoms with E-state index in [9.17, 15) is 0 Å². The zero-order valence-corrected chi connectivity index (χ0v) is 11.0. The van der Waals surface area contributed by atoms with Crippen molar-refractivity contribution in [2.24, 2.45) is 0 Å². The first-order valence-electron chi connectivity index (χ1n) is 5.96. The Morgan fingerprint density at radius 1 is 1.33 bits per heavy atom. The largest absolute Gasteiger partial charge is 0.397 e. The Hall–Kier alpha value is -1.81. The number of hydrogen-bond donors (Lipinski definition) is 2. The Kier molecular flexibility index (Phi) is 3.39. The van der Waals surface area contributed by atoms with Crippen molar-refractivity contribution in [3.05, 3.63) is 30.5 Å². The van der Waals surface area contributed by atoms with Gasteiger partial charge >= 0.3 is 0 Å². The molecule has 3 N–H and O–H groups in total. The number of methoxy groups -OCH3 is 1. The molecule has 0 bridgehead atoms. The quantitative estimate of drug-likeness (QED) is 0.813. The van der Waals surface area contributed by atoms with E-state index in [-0.39, 0.29) is 5.60 Å². The average Bonchev–Trinajstić information content (AvgIpc) is 2.37. The van der Waals surface area contributed by atoms with Crippen LogP contribution in [-0.4, -0.2) is 24.2 Å². The molecule has 0 saturated heterocycles. The molecule has 4 heteroatoms. The molecule has 1 heterocycles. The number of nitrogens with one attached hydrogen (secondary N) is 1. The monoisotopic (exact) mass is 245 g/mol. The number of hydrogen-bond acceptors (Lipinski definition) is 4. The molecule has 18 heavy (non-hydrogen) atoms. The van der Waals surface area contributed by atoms with Gasteiger partial charge in [-0.25, -0.2) is 0 Å². The number of anilines is 2. The molecule has 1 aromatic carbocycles. The second-order valence-electron chi connectivity index (χ2n) is 4.92. The molecule has 0 aliphatic rings. The predicted octanol–water partition coefficient (Wildman–Crippen LogP) is 2.65. The van der Waals surface area contributed by atoms with Crippen LogP contribution in [0.25, 0.3) is 10.9 Å². The molecule has 2 rings (SSSR count). The number of benzene rings is 1. The number of fused-ring (bicyclic) bond motifs is 1. The zero-order chi connectivity index (χ0) is 13.2. The van der Waals surface area contributed by atoms with Gasteiger partial charge in [0.1, 0.15) is 0 Å². The van der Waals surface area contributed by atoms with Crippen molar-refractivity contribution in [3.8, 4) is 0 Å². The summed E-state index contributed by atoms with van der Waals surface area (Å²) in [5.41, 5.74) is 8.26. The number of nitrogens with zero attached hydrogens (tertiary/aromatic N) is 1. The molecule has 0 amide bonds. The fourth-order valence-electron chi connectivity index (χ4n) is 1.73. The maximum atomic E-state index is 5.92. The van der Waals surface area contributed by atoms with Crippen molar-refractivity contribution in [3.63, 3.8) is 0 Å². The Morgan fingerprint density at radius 2 is 2.11 bits per heavy atom. The van der Waals surface area contributed by atoms with Crippen molar-refractivity contribution < 1.29 is 4.74 Å². The molecule has 0 unspecified atom stereocenters. The first-order chi connectivity index (χ1) is 8.53. The van der Waals surface area contributed by atoms with Crippen molar-refractivity contribution in [2.75, 3.05) is 24.7 Å². The van der Waals surface area contributed by atoms with Gasteiger partial charge in [0.25, 0.3) is 0 Å². The minimum atomic E-state index is -0.212. The van der Waals surface area contributed by atoms with Crippen LogP contribution in [0.3, 0.4) is 0 Å². The summed E-state index contributed by atoms with van der Waals surface area (Å²) in [4.78, 5) is 4.31. The van der Waals surface area contributed by atoms with Crippen LogP contribution in [-0.2, 0) is 4.74 Å². The van der Waals surface area contributed by atoms with Gasteiger partial charge in [-0.2, -0.15) is 0 Å². The van der Waals surface area contributed by atoms with Gasteiger partial charge in [-0.3, -0.25) is 4.98 Å². The molecule has 0 fully saturated rings. The molecule has 0 spiro atoms. The van der Waals surface area contributed by atoms with Crippen LogP contribution in [0.5, 0.6) is 0 Å². The van der Waals surface area contributed by atoms with Crippen LogP contribution in [0.2, 0.25) is 0 Å². The highest BCUT2D eigenvalue weighted by Crippen LogP contribution is 2.25. The highest BCUT2D eigenvalue weighted by atomic mass is 16.5. The van der Waals surface area contributed by atoms with Gasteiger partial charge in [0, 0.05) is 30.9 Å². The second-order valence-corrected chi connectivity index (χ2v) is 4.92. The number of ether oxygens (including phenoxy) is 1. The molecule has 0 radical (unpaired) electrons. The lowest BCUT2D eigenvalue weighted by Crippen LogP contribution is -2.32. The molecule has 0 saturated carbocycles. The van der Waals surface area contributed by atoms with E-state index in [1.807, 2.05) is 38.1 Å². The number of pyridine rings is 1. The Balaban J connectivity index is 2.32. The van der Waals surface area contributed by atoms with E-state index >= 15 is 0 Å². The maximum Gasteiger partial charge on any atom is 0.0951 e. The summed E-state index contributed by atoms with van der Waals surface area (Å²) in [6.07, 6.45) is 1.76. The van der Waals surface area contributed by atoms with Gasteiger partial charge < -0.3 is 15.8 Å². The van der Waals surface area contributed by atoms with Gasteiger partial charge in [-0.1, -0.05) is 12.1 Å². The Morgan fingerprint density at radius 3 is 2.83 bits per heavy atom. The van der Waals surface area contributed by atoms with Gasteiger partial charge in [-0.15, -0.1) is 0 Å². The lowest BCUT2D eigenvalue weighted by molar-refractivity contribution is 0.0344. The predicted molar refractivity (Wildman–Crippen MR) is 75.7 cm³/mol. The fourth-order valence-corrected chi connectivity index (χ4v) is 1.73. The van der Waals surface area contributed by atoms with Gasteiger partial charge in [0.05, 0.1) is 16.8 Å². The lowest BCUT2D eigenvalue weighted by Gasteiger charge is -2.24. The standard InChI is InChI=1S/C14H19N3O/c1-14(2,18-3)9-17-12-7-8-16-13-10(12)5-4-6-11(13)15/h4-8H,9,15H2,1-3H3,(H,16,17). The third-order valence-corrected chi connectivity index (χ3v) is 3.06. The molecular formula is C14H19N3O. The fraction of sp³-hybridized carbons (Fsp3) is 0.357. The van der Waals surface area contributed by atoms with Crippen LogP contribution >= 0.6 is 0 Å². The van der Waals surface area contributed by atoms with Crippen LogP contribution in [0.15, 0.2) is 30.5 Å². The molecule has 0 aliphatic heterocycles. The number of nitrogen functional groups attached to an aromatic ring is 1. The summed E-state index contributed by atoms with van der Waals surface area (Å²) < 4.78 is 5.39. The normalized spacial score (nSPS) is 11.7. The van der Waals surface area contributed by atoms with Gasteiger partial charge in [0.15, 0.2) is 0 Å². The van der Waals surface area contributed by atoms with Crippen molar-refractivity contribution in [2.45, 2.75) is 19.4 Å². The van der Waals surface area contributed by atoms with Gasteiger partial charge in [0.2, 0.25) is 0 Å². The number of nitrogens with two attached hydrogens (primary N) is 1. The summed E-state index contributed by atoms with van der Waals surface area (Å²) in [6.45, 7) is 4.80. The third kappa shape index (κ3) is 2.54. The Labute approximate surface area is 107 Å². The second kappa shape index (κ2) is 4.82. The van der Waals surface area contributed by atoms with Crippen molar-refractivity contribution >= 4 is 22.3 Å². The molecule has 1 aromatic heterocycles. The average molecular weight is 245 g/mol. The van der Waals surface area contributed by atoms with Crippen LogP contribution in [0.4, 0.5) is 11.4 Å². The third-order valence-electron chi connectivity index (χ3n) is 3.06. The molecule has 2 aromatic rings. The van der Waals surface area contributed by atoms with E-state index in [4.69, 9.17) is 10.5 Å². The van der Waals surface area contributed by atoms with Crippen LogP contribution < -0.4 is 11.1 Å². The van der Waals surface area contributed by atoms with E-state index in [1.54, 1.807) is 13.3 Å². The lowest BCUT2D eigenvalue weighted by atomic mass is 10.1. The summed E-state index contributed by atoms with van der Waals surface area (Å²) in [6, 6.07) is 7.76. The molecule has 4 nitrogen and oxygen atoms in total. The maximum absolute atomic E-state index is 5.92. The van der Waals surface area contributed by atoms with E-state index < -0.39 is 0 Å². The first-order valence-corrected chi connectivity index (χ1v) is 5.96. The zero-order valence-electron chi connectivity index (χ0n) is 11.0. The van der Waals surface area contributed by atoms with Crippen molar-refractivity contribution in [1.82, 2.24) is 4.98 Å². The molecular weight excluding hydrogens is 226 g/mol. The highest BCUT2D eigenvalue weighted by molar-refractivity contribution is 5.97. The summed E-state index contributed by atoms with van der Waals surface area (Å²) >= 11 is 0. The van der Waals surface area contributed by atoms with E-state index in [0.29, 0.717) is 5.69 Å². The summed E-state index contributed by atoms with van der Waals surface area (Å²) in [7, 11) is 1.71. The minimum Gasteiger partial charge on any atom is -0.397 e. The Bertz CT molecular complexity index is 552. The van der Waals surface area contributed by atoms with E-state index in [2.05, 4.69) is 10.3 Å². The molecule has 0 aliphatic carbocycles. The smallest absolute Gasteiger partial charge is 0.0951 e. The molecule has 0 atom stereocenters. The summed E-state index contributed by atoms with van der Waals surface area (Å²) in [5.74, 6) is 0. The highest BCUT2D eigenvalue weighted by Gasteiger charge is 2.16. The van der Waals surface area contributed by atoms with Crippen LogP contribution in [0.1, 0.15) is 13.8 Å². The number of para-hydroxylation sites is 1.